The Morgan fingerprint density at radius 1 is 0.931 bits per heavy atom. The van der Waals surface area contributed by atoms with Crippen molar-refractivity contribution >= 4 is 23.4 Å². The predicted molar refractivity (Wildman–Crippen MR) is 110 cm³/mol. The predicted octanol–water partition coefficient (Wildman–Crippen LogP) is 3.14. The molecule has 1 fully saturated rings. The second-order valence-electron chi connectivity index (χ2n) is 6.49. The number of carbonyl (C=O) groups excluding carboxylic acids is 2. The molecule has 29 heavy (non-hydrogen) atoms. The third kappa shape index (κ3) is 5.37. The summed E-state index contributed by atoms with van der Waals surface area (Å²) >= 11 is 0. The maximum atomic E-state index is 12.7. The van der Waals surface area contributed by atoms with Crippen molar-refractivity contribution in [2.24, 2.45) is 0 Å². The molecule has 1 saturated heterocycles. The van der Waals surface area contributed by atoms with Gasteiger partial charge in [0.1, 0.15) is 11.4 Å². The highest BCUT2D eigenvalue weighted by Gasteiger charge is 2.26. The number of carbonyl (C=O) groups is 2. The molecule has 1 aromatic heterocycles. The van der Waals surface area contributed by atoms with Crippen molar-refractivity contribution in [2.45, 2.75) is 13.8 Å². The van der Waals surface area contributed by atoms with E-state index in [4.69, 9.17) is 9.47 Å². The Bertz CT molecular complexity index is 816. The molecule has 2 aromatic rings. The number of anilines is 2. The van der Waals surface area contributed by atoms with Crippen molar-refractivity contribution in [1.82, 2.24) is 14.8 Å². The lowest BCUT2D eigenvalue weighted by atomic mass is 10.2. The highest BCUT2D eigenvalue weighted by Crippen LogP contribution is 2.20. The van der Waals surface area contributed by atoms with Crippen LogP contribution in [0.15, 0.2) is 42.6 Å². The lowest BCUT2D eigenvalue weighted by Gasteiger charge is -2.33. The van der Waals surface area contributed by atoms with Crippen LogP contribution in [0.2, 0.25) is 0 Å². The van der Waals surface area contributed by atoms with E-state index in [1.54, 1.807) is 29.0 Å². The third-order valence-corrected chi connectivity index (χ3v) is 4.53. The van der Waals surface area contributed by atoms with Crippen molar-refractivity contribution in [1.29, 1.82) is 0 Å². The van der Waals surface area contributed by atoms with E-state index in [1.807, 2.05) is 37.3 Å². The molecule has 0 bridgehead atoms. The first kappa shape index (κ1) is 20.4. The van der Waals surface area contributed by atoms with Crippen molar-refractivity contribution in [3.8, 4) is 5.75 Å². The SMILES string of the molecule is CCOC(=O)N1CCN(C(=O)c2ccc(Nc3ccc(OCC)cc3)cn2)CC1. The first-order valence-corrected chi connectivity index (χ1v) is 9.77. The number of aromatic nitrogens is 1. The molecule has 1 aliphatic heterocycles. The zero-order valence-electron chi connectivity index (χ0n) is 16.8. The molecule has 0 saturated carbocycles. The van der Waals surface area contributed by atoms with Crippen LogP contribution < -0.4 is 10.1 Å². The van der Waals surface area contributed by atoms with Gasteiger partial charge in [0.2, 0.25) is 0 Å². The Labute approximate surface area is 170 Å². The van der Waals surface area contributed by atoms with Crippen LogP contribution >= 0.6 is 0 Å². The fourth-order valence-electron chi connectivity index (χ4n) is 3.03. The average molecular weight is 398 g/mol. The molecule has 0 aliphatic carbocycles. The number of rotatable bonds is 6. The topological polar surface area (TPSA) is 84.0 Å². The fraction of sp³-hybridized carbons (Fsp3) is 0.381. The maximum Gasteiger partial charge on any atom is 0.409 e. The van der Waals surface area contributed by atoms with E-state index in [-0.39, 0.29) is 12.0 Å². The minimum absolute atomic E-state index is 0.138. The molecule has 1 aromatic carbocycles. The van der Waals surface area contributed by atoms with Gasteiger partial charge >= 0.3 is 6.09 Å². The lowest BCUT2D eigenvalue weighted by Crippen LogP contribution is -2.50. The molecule has 2 amide bonds. The molecule has 0 atom stereocenters. The number of nitrogens with one attached hydrogen (secondary N) is 1. The molecular formula is C21H26N4O4. The summed E-state index contributed by atoms with van der Waals surface area (Å²) < 4.78 is 10.4. The summed E-state index contributed by atoms with van der Waals surface area (Å²) in [5.74, 6) is 0.682. The second kappa shape index (κ2) is 9.77. The summed E-state index contributed by atoms with van der Waals surface area (Å²) in [5.41, 5.74) is 2.08. The molecule has 1 N–H and O–H groups in total. The molecule has 0 spiro atoms. The van der Waals surface area contributed by atoms with Crippen LogP contribution in [0.1, 0.15) is 24.3 Å². The van der Waals surface area contributed by atoms with E-state index in [1.165, 1.54) is 0 Å². The van der Waals surface area contributed by atoms with Gasteiger partial charge in [-0.1, -0.05) is 0 Å². The van der Waals surface area contributed by atoms with Gasteiger partial charge in [-0.25, -0.2) is 9.78 Å². The van der Waals surface area contributed by atoms with Crippen LogP contribution in [0.3, 0.4) is 0 Å². The number of benzene rings is 1. The number of amides is 2. The van der Waals surface area contributed by atoms with E-state index < -0.39 is 0 Å². The van der Waals surface area contributed by atoms with Gasteiger partial charge in [0.05, 0.1) is 25.1 Å². The summed E-state index contributed by atoms with van der Waals surface area (Å²) in [4.78, 5) is 32.0. The van der Waals surface area contributed by atoms with Crippen LogP contribution in [0.4, 0.5) is 16.2 Å². The summed E-state index contributed by atoms with van der Waals surface area (Å²) in [6.45, 7) is 6.54. The van der Waals surface area contributed by atoms with Crippen molar-refractivity contribution in [3.63, 3.8) is 0 Å². The van der Waals surface area contributed by atoms with E-state index in [2.05, 4.69) is 10.3 Å². The molecule has 154 valence electrons. The summed E-state index contributed by atoms with van der Waals surface area (Å²) in [6.07, 6.45) is 1.31. The fourth-order valence-corrected chi connectivity index (χ4v) is 3.03. The maximum absolute atomic E-state index is 12.7. The van der Waals surface area contributed by atoms with Gasteiger partial charge < -0.3 is 24.6 Å². The largest absolute Gasteiger partial charge is 0.494 e. The Kier molecular flexibility index (Phi) is 6.89. The normalized spacial score (nSPS) is 13.7. The summed E-state index contributed by atoms with van der Waals surface area (Å²) in [5, 5.41) is 3.25. The van der Waals surface area contributed by atoms with Crippen LogP contribution in [-0.4, -0.2) is 66.2 Å². The second-order valence-corrected chi connectivity index (χ2v) is 6.49. The standard InChI is InChI=1S/C21H26N4O4/c1-3-28-18-8-5-16(6-9-18)23-17-7-10-19(22-15-17)20(26)24-11-13-25(14-12-24)21(27)29-4-2/h5-10,15,23H,3-4,11-14H2,1-2H3. The molecule has 0 radical (unpaired) electrons. The van der Waals surface area contributed by atoms with Crippen LogP contribution in [0, 0.1) is 0 Å². The molecule has 3 rings (SSSR count). The molecule has 8 heteroatoms. The number of hydrogen-bond acceptors (Lipinski definition) is 6. The Morgan fingerprint density at radius 2 is 1.59 bits per heavy atom. The third-order valence-electron chi connectivity index (χ3n) is 4.53. The molecular weight excluding hydrogens is 372 g/mol. The van der Waals surface area contributed by atoms with Crippen LogP contribution in [-0.2, 0) is 4.74 Å². The van der Waals surface area contributed by atoms with Crippen LogP contribution in [0.5, 0.6) is 5.75 Å². The van der Waals surface area contributed by atoms with Gasteiger partial charge in [0, 0.05) is 31.9 Å². The van der Waals surface area contributed by atoms with E-state index in [9.17, 15) is 9.59 Å². The van der Waals surface area contributed by atoms with Gasteiger partial charge in [0.25, 0.3) is 5.91 Å². The summed E-state index contributed by atoms with van der Waals surface area (Å²) in [6, 6.07) is 11.2. The van der Waals surface area contributed by atoms with E-state index in [0.717, 1.165) is 17.1 Å². The highest BCUT2D eigenvalue weighted by atomic mass is 16.6. The molecule has 0 unspecified atom stereocenters. The summed E-state index contributed by atoms with van der Waals surface area (Å²) in [7, 11) is 0. The van der Waals surface area contributed by atoms with Gasteiger partial charge in [0.15, 0.2) is 0 Å². The Hall–Kier alpha value is -3.29. The van der Waals surface area contributed by atoms with E-state index in [0.29, 0.717) is 45.1 Å². The first-order valence-electron chi connectivity index (χ1n) is 9.77. The smallest absolute Gasteiger partial charge is 0.409 e. The lowest BCUT2D eigenvalue weighted by molar-refractivity contribution is 0.0566. The van der Waals surface area contributed by atoms with Gasteiger partial charge in [-0.2, -0.15) is 0 Å². The van der Waals surface area contributed by atoms with Gasteiger partial charge in [-0.3, -0.25) is 4.79 Å². The zero-order chi connectivity index (χ0) is 20.6. The minimum Gasteiger partial charge on any atom is -0.494 e. The average Bonchev–Trinajstić information content (AvgIpc) is 2.76. The van der Waals surface area contributed by atoms with Crippen molar-refractivity contribution in [3.05, 3.63) is 48.3 Å². The van der Waals surface area contributed by atoms with Gasteiger partial charge in [-0.05, 0) is 50.2 Å². The Morgan fingerprint density at radius 3 is 2.17 bits per heavy atom. The van der Waals surface area contributed by atoms with Gasteiger partial charge in [-0.15, -0.1) is 0 Å². The molecule has 2 heterocycles. The molecule has 1 aliphatic rings. The molecule has 8 nitrogen and oxygen atoms in total. The van der Waals surface area contributed by atoms with Crippen molar-refractivity contribution in [2.75, 3.05) is 44.7 Å². The number of nitrogens with zero attached hydrogens (tertiary/aromatic N) is 3. The number of ether oxygens (including phenoxy) is 2. The van der Waals surface area contributed by atoms with Crippen molar-refractivity contribution < 1.29 is 19.1 Å². The number of piperazine rings is 1. The van der Waals surface area contributed by atoms with E-state index >= 15 is 0 Å². The Balaban J connectivity index is 1.54. The van der Waals surface area contributed by atoms with Crippen LogP contribution in [0.25, 0.3) is 0 Å². The minimum atomic E-state index is -0.331. The number of hydrogen-bond donors (Lipinski definition) is 1. The highest BCUT2D eigenvalue weighted by molar-refractivity contribution is 5.92. The first-order chi connectivity index (χ1) is 14.1. The zero-order valence-corrected chi connectivity index (χ0v) is 16.8. The number of pyridine rings is 1. The monoisotopic (exact) mass is 398 g/mol. The quantitative estimate of drug-likeness (QED) is 0.805.